The Bertz CT molecular complexity index is 1350. The van der Waals surface area contributed by atoms with E-state index < -0.39 is 17.8 Å². The van der Waals surface area contributed by atoms with Crippen LogP contribution in [-0.2, 0) is 14.3 Å². The fraction of sp³-hybridized carbons (Fsp3) is 0.0690. The molecule has 1 aliphatic carbocycles. The Morgan fingerprint density at radius 1 is 0.750 bits per heavy atom. The Morgan fingerprint density at radius 2 is 1.31 bits per heavy atom. The van der Waals surface area contributed by atoms with Crippen molar-refractivity contribution in [1.82, 2.24) is 0 Å². The Kier molecular flexibility index (Phi) is 7.51. The molecule has 4 rings (SSSR count). The zero-order valence-corrected chi connectivity index (χ0v) is 19.1. The highest BCUT2D eigenvalue weighted by Gasteiger charge is 2.12. The van der Waals surface area contributed by atoms with Gasteiger partial charge in [-0.3, -0.25) is 4.79 Å². The largest absolute Gasteiger partial charge is 0.433 e. The Hall–Kier alpha value is -4.78. The molecule has 0 N–H and O–H groups in total. The van der Waals surface area contributed by atoms with Gasteiger partial charge in [0.1, 0.15) is 17.3 Å². The van der Waals surface area contributed by atoms with E-state index in [-0.39, 0.29) is 11.5 Å². The molecule has 0 heterocycles. The van der Waals surface area contributed by atoms with E-state index in [2.05, 4.69) is 6.58 Å². The second-order valence-electron chi connectivity index (χ2n) is 7.85. The van der Waals surface area contributed by atoms with Crippen molar-refractivity contribution in [1.29, 1.82) is 0 Å². The van der Waals surface area contributed by atoms with Crippen molar-refractivity contribution in [2.45, 2.75) is 12.8 Å². The van der Waals surface area contributed by atoms with E-state index in [4.69, 9.17) is 14.2 Å². The molecule has 0 aliphatic heterocycles. The van der Waals surface area contributed by atoms with E-state index >= 15 is 0 Å². The van der Waals surface area contributed by atoms with Crippen molar-refractivity contribution in [3.05, 3.63) is 114 Å². The number of halogens is 1. The number of carbonyl (C=O) groups excluding carboxylic acids is 3. The zero-order valence-electron chi connectivity index (χ0n) is 19.1. The highest BCUT2D eigenvalue weighted by molar-refractivity contribution is 5.91. The molecule has 1 aliphatic rings. The summed E-state index contributed by atoms with van der Waals surface area (Å²) in [7, 11) is 0. The van der Waals surface area contributed by atoms with E-state index in [1.165, 1.54) is 24.3 Å². The molecule has 0 saturated heterocycles. The molecule has 36 heavy (non-hydrogen) atoms. The van der Waals surface area contributed by atoms with Crippen molar-refractivity contribution in [3.8, 4) is 22.6 Å². The third kappa shape index (κ3) is 6.01. The second-order valence-corrected chi connectivity index (χ2v) is 7.85. The summed E-state index contributed by atoms with van der Waals surface area (Å²) in [5.74, 6) is -1.93. The quantitative estimate of drug-likeness (QED) is 0.164. The second kappa shape index (κ2) is 11.1. The highest BCUT2D eigenvalue weighted by atomic mass is 19.1. The van der Waals surface area contributed by atoms with E-state index in [1.54, 1.807) is 12.1 Å². The maximum atomic E-state index is 12.7. The standard InChI is InChI=1S/C29H21FO6/c1-19(30)28(32)35-26-14-16-27(17-15-26)36-29(33)24-8-6-22(7-9-24)20-2-4-21(5-3-20)23-10-12-25(13-11-23)34-18-31/h2-10,12,14-18H,1,11,13H2. The topological polar surface area (TPSA) is 78.9 Å². The summed E-state index contributed by atoms with van der Waals surface area (Å²) in [6.07, 6.45) is 5.23. The van der Waals surface area contributed by atoms with Crippen molar-refractivity contribution >= 4 is 24.0 Å². The normalized spacial score (nSPS) is 12.6. The van der Waals surface area contributed by atoms with E-state index in [0.29, 0.717) is 24.2 Å². The maximum Gasteiger partial charge on any atom is 0.371 e. The first-order valence-corrected chi connectivity index (χ1v) is 11.0. The predicted molar refractivity (Wildman–Crippen MR) is 132 cm³/mol. The molecule has 3 aromatic carbocycles. The number of benzene rings is 3. The van der Waals surface area contributed by atoms with Gasteiger partial charge in [0.15, 0.2) is 0 Å². The molecule has 180 valence electrons. The number of ether oxygens (including phenoxy) is 3. The molecule has 0 bridgehead atoms. The van der Waals surface area contributed by atoms with Gasteiger partial charge in [0, 0.05) is 6.42 Å². The zero-order chi connectivity index (χ0) is 25.5. The van der Waals surface area contributed by atoms with Crippen LogP contribution in [0, 0.1) is 0 Å². The van der Waals surface area contributed by atoms with Crippen LogP contribution in [0.4, 0.5) is 4.39 Å². The molecule has 0 atom stereocenters. The van der Waals surface area contributed by atoms with Crippen LogP contribution in [0.5, 0.6) is 11.5 Å². The molecular formula is C29H21FO6. The summed E-state index contributed by atoms with van der Waals surface area (Å²) in [5.41, 5.74) is 4.56. The average molecular weight is 484 g/mol. The smallest absolute Gasteiger partial charge is 0.371 e. The molecule has 0 spiro atoms. The Morgan fingerprint density at radius 3 is 1.83 bits per heavy atom. The van der Waals surface area contributed by atoms with Crippen LogP contribution in [0.15, 0.2) is 103 Å². The highest BCUT2D eigenvalue weighted by Crippen LogP contribution is 2.29. The van der Waals surface area contributed by atoms with E-state index in [9.17, 15) is 18.8 Å². The van der Waals surface area contributed by atoms with Gasteiger partial charge in [-0.25, -0.2) is 9.59 Å². The number of carbonyl (C=O) groups is 3. The molecule has 0 saturated carbocycles. The third-order valence-electron chi connectivity index (χ3n) is 5.49. The van der Waals surface area contributed by atoms with Gasteiger partial charge in [-0.15, -0.1) is 0 Å². The first kappa shape index (κ1) is 24.3. The first-order valence-electron chi connectivity index (χ1n) is 11.0. The van der Waals surface area contributed by atoms with Crippen LogP contribution < -0.4 is 9.47 Å². The summed E-state index contributed by atoms with van der Waals surface area (Å²) < 4.78 is 27.7. The summed E-state index contributed by atoms with van der Waals surface area (Å²) in [4.78, 5) is 34.2. The molecule has 0 aromatic heterocycles. The van der Waals surface area contributed by atoms with Crippen molar-refractivity contribution < 1.29 is 33.0 Å². The molecule has 6 nitrogen and oxygen atoms in total. The first-order chi connectivity index (χ1) is 17.4. The average Bonchev–Trinajstić information content (AvgIpc) is 2.90. The predicted octanol–water partition coefficient (Wildman–Crippen LogP) is 6.20. The molecule has 3 aromatic rings. The Labute approximate surface area is 206 Å². The van der Waals surface area contributed by atoms with Crippen molar-refractivity contribution in [3.63, 3.8) is 0 Å². The number of hydrogen-bond acceptors (Lipinski definition) is 6. The van der Waals surface area contributed by atoms with Gasteiger partial charge in [-0.2, -0.15) is 4.39 Å². The minimum absolute atomic E-state index is 0.0990. The van der Waals surface area contributed by atoms with Crippen LogP contribution in [-0.4, -0.2) is 18.4 Å². The maximum absolute atomic E-state index is 12.7. The van der Waals surface area contributed by atoms with Gasteiger partial charge >= 0.3 is 11.9 Å². The Balaban J connectivity index is 1.38. The number of allylic oxidation sites excluding steroid dienone is 4. The van der Waals surface area contributed by atoms with Gasteiger partial charge in [-0.05, 0) is 71.2 Å². The molecule has 0 fully saturated rings. The van der Waals surface area contributed by atoms with Crippen LogP contribution in [0.25, 0.3) is 16.7 Å². The lowest BCUT2D eigenvalue weighted by atomic mass is 9.94. The molecule has 0 radical (unpaired) electrons. The summed E-state index contributed by atoms with van der Waals surface area (Å²) in [6, 6.07) is 20.8. The monoisotopic (exact) mass is 484 g/mol. The lowest BCUT2D eigenvalue weighted by molar-refractivity contribution is -0.131. The van der Waals surface area contributed by atoms with Gasteiger partial charge in [0.25, 0.3) is 6.47 Å². The van der Waals surface area contributed by atoms with E-state index in [0.717, 1.165) is 28.7 Å². The van der Waals surface area contributed by atoms with Crippen LogP contribution in [0.3, 0.4) is 0 Å². The minimum atomic E-state index is -1.20. The molecule has 0 amide bonds. The molecular weight excluding hydrogens is 463 g/mol. The van der Waals surface area contributed by atoms with Gasteiger partial charge in [-0.1, -0.05) is 49.1 Å². The van der Waals surface area contributed by atoms with E-state index in [1.807, 2.05) is 48.6 Å². The fourth-order valence-electron chi connectivity index (χ4n) is 3.60. The van der Waals surface area contributed by atoms with Gasteiger partial charge in [0.2, 0.25) is 5.83 Å². The summed E-state index contributed by atoms with van der Waals surface area (Å²) >= 11 is 0. The molecule has 0 unspecified atom stereocenters. The number of hydrogen-bond donors (Lipinski definition) is 0. The van der Waals surface area contributed by atoms with Gasteiger partial charge < -0.3 is 14.2 Å². The van der Waals surface area contributed by atoms with Crippen LogP contribution in [0.1, 0.15) is 28.8 Å². The lowest BCUT2D eigenvalue weighted by Gasteiger charge is -2.14. The molecule has 7 heteroatoms. The minimum Gasteiger partial charge on any atom is -0.433 e. The van der Waals surface area contributed by atoms with Crippen molar-refractivity contribution in [2.24, 2.45) is 0 Å². The lowest BCUT2D eigenvalue weighted by Crippen LogP contribution is -2.09. The van der Waals surface area contributed by atoms with Crippen LogP contribution in [0.2, 0.25) is 0 Å². The van der Waals surface area contributed by atoms with Crippen LogP contribution >= 0.6 is 0 Å². The van der Waals surface area contributed by atoms with Gasteiger partial charge in [0.05, 0.1) is 5.56 Å². The SMILES string of the molecule is C=C(F)C(=O)Oc1ccc(OC(=O)c2ccc(-c3ccc(C4=CC=C(OC=O)CC4)cc3)cc2)cc1. The summed E-state index contributed by atoms with van der Waals surface area (Å²) in [5, 5.41) is 0. The number of esters is 2. The third-order valence-corrected chi connectivity index (χ3v) is 5.49. The fourth-order valence-corrected chi connectivity index (χ4v) is 3.60. The van der Waals surface area contributed by atoms with Crippen molar-refractivity contribution in [2.75, 3.05) is 0 Å². The summed E-state index contributed by atoms with van der Waals surface area (Å²) in [6.45, 7) is 3.31. The number of rotatable bonds is 8.